The van der Waals surface area contributed by atoms with Crippen LogP contribution in [0.15, 0.2) is 41.5 Å². The van der Waals surface area contributed by atoms with E-state index in [1.807, 2.05) is 18.2 Å². The molecule has 0 saturated heterocycles. The number of para-hydroxylation sites is 1. The summed E-state index contributed by atoms with van der Waals surface area (Å²) in [6, 6.07) is 8.19. The van der Waals surface area contributed by atoms with Gasteiger partial charge in [0.1, 0.15) is 11.9 Å². The van der Waals surface area contributed by atoms with Gasteiger partial charge in [0.15, 0.2) is 0 Å². The molecular formula is C15H19N3O2. The monoisotopic (exact) mass is 273 g/mol. The topological polar surface area (TPSA) is 50.3 Å². The van der Waals surface area contributed by atoms with Crippen molar-refractivity contribution in [2.24, 2.45) is 0 Å². The lowest BCUT2D eigenvalue weighted by molar-refractivity contribution is 0.166. The number of ether oxygens (including phenoxy) is 1. The van der Waals surface area contributed by atoms with Gasteiger partial charge in [-0.25, -0.2) is 4.79 Å². The maximum absolute atomic E-state index is 11.4. The number of H-pyrrole nitrogens is 1. The van der Waals surface area contributed by atoms with E-state index in [9.17, 15) is 4.79 Å². The van der Waals surface area contributed by atoms with Crippen molar-refractivity contribution in [1.82, 2.24) is 14.5 Å². The third-order valence-electron chi connectivity index (χ3n) is 3.67. The molecule has 0 aliphatic carbocycles. The van der Waals surface area contributed by atoms with Gasteiger partial charge in [0.2, 0.25) is 0 Å². The molecule has 1 aliphatic heterocycles. The second-order valence-electron chi connectivity index (χ2n) is 5.27. The van der Waals surface area contributed by atoms with Crippen molar-refractivity contribution < 1.29 is 4.74 Å². The fourth-order valence-corrected chi connectivity index (χ4v) is 2.60. The molecule has 0 saturated carbocycles. The van der Waals surface area contributed by atoms with Crippen LogP contribution in [0.1, 0.15) is 5.56 Å². The number of nitrogens with one attached hydrogen (secondary N) is 1. The third-order valence-corrected chi connectivity index (χ3v) is 3.67. The maximum Gasteiger partial charge on any atom is 0.325 e. The molecule has 3 rings (SSSR count). The number of nitrogens with zero attached hydrogens (tertiary/aromatic N) is 2. The van der Waals surface area contributed by atoms with Crippen molar-refractivity contribution in [3.63, 3.8) is 0 Å². The maximum atomic E-state index is 11.4. The molecule has 1 aromatic carbocycles. The highest BCUT2D eigenvalue weighted by atomic mass is 16.5. The van der Waals surface area contributed by atoms with Gasteiger partial charge < -0.3 is 14.6 Å². The van der Waals surface area contributed by atoms with E-state index in [4.69, 9.17) is 4.74 Å². The van der Waals surface area contributed by atoms with Crippen molar-refractivity contribution in [3.05, 3.63) is 52.7 Å². The Morgan fingerprint density at radius 3 is 3.05 bits per heavy atom. The highest BCUT2D eigenvalue weighted by molar-refractivity contribution is 5.37. The van der Waals surface area contributed by atoms with Gasteiger partial charge in [0.25, 0.3) is 0 Å². The summed E-state index contributed by atoms with van der Waals surface area (Å²) in [5, 5.41) is 0. The van der Waals surface area contributed by atoms with Crippen molar-refractivity contribution in [2.75, 3.05) is 20.1 Å². The third kappa shape index (κ3) is 2.77. The molecule has 0 bridgehead atoms. The van der Waals surface area contributed by atoms with E-state index in [0.29, 0.717) is 6.54 Å². The average molecular weight is 273 g/mol. The molecule has 5 heteroatoms. The van der Waals surface area contributed by atoms with Crippen LogP contribution in [0.25, 0.3) is 0 Å². The molecule has 2 aromatic rings. The fourth-order valence-electron chi connectivity index (χ4n) is 2.60. The predicted octanol–water partition coefficient (Wildman–Crippen LogP) is 1.11. The van der Waals surface area contributed by atoms with Crippen LogP contribution in [0.5, 0.6) is 5.75 Å². The van der Waals surface area contributed by atoms with Crippen LogP contribution in [0.2, 0.25) is 0 Å². The molecule has 106 valence electrons. The number of rotatable bonds is 5. The minimum Gasteiger partial charge on any atom is -0.488 e. The Hall–Kier alpha value is -2.01. The minimum atomic E-state index is -0.0529. The van der Waals surface area contributed by atoms with Gasteiger partial charge in [-0.1, -0.05) is 18.2 Å². The highest BCUT2D eigenvalue weighted by Gasteiger charge is 2.23. The summed E-state index contributed by atoms with van der Waals surface area (Å²) in [5.74, 6) is 1.01. The smallest absolute Gasteiger partial charge is 0.325 e. The number of hydrogen-bond acceptors (Lipinski definition) is 3. The molecule has 1 aliphatic rings. The average Bonchev–Trinajstić information content (AvgIpc) is 3.01. The Bertz CT molecular complexity index is 607. The van der Waals surface area contributed by atoms with Gasteiger partial charge in [-0.15, -0.1) is 0 Å². The van der Waals surface area contributed by atoms with Gasteiger partial charge >= 0.3 is 5.69 Å². The Balaban J connectivity index is 1.50. The molecule has 5 nitrogen and oxygen atoms in total. The van der Waals surface area contributed by atoms with Crippen LogP contribution in [-0.2, 0) is 13.0 Å². The molecule has 0 radical (unpaired) electrons. The van der Waals surface area contributed by atoms with Crippen LogP contribution < -0.4 is 10.4 Å². The molecule has 0 spiro atoms. The zero-order valence-electron chi connectivity index (χ0n) is 11.6. The lowest BCUT2D eigenvalue weighted by atomic mass is 10.1. The van der Waals surface area contributed by atoms with E-state index in [0.717, 1.165) is 25.3 Å². The molecule has 20 heavy (non-hydrogen) atoms. The first-order valence-electron chi connectivity index (χ1n) is 6.89. The first kappa shape index (κ1) is 13.0. The fraction of sp³-hybridized carbons (Fsp3) is 0.400. The zero-order chi connectivity index (χ0) is 13.9. The van der Waals surface area contributed by atoms with Crippen molar-refractivity contribution >= 4 is 0 Å². The summed E-state index contributed by atoms with van der Waals surface area (Å²) >= 11 is 0. The molecule has 1 atom stereocenters. The Morgan fingerprint density at radius 1 is 1.45 bits per heavy atom. The minimum absolute atomic E-state index is 0.0529. The summed E-state index contributed by atoms with van der Waals surface area (Å²) in [5.41, 5.74) is 1.23. The van der Waals surface area contributed by atoms with Gasteiger partial charge in [0, 0.05) is 38.4 Å². The molecule has 0 amide bonds. The van der Waals surface area contributed by atoms with E-state index in [-0.39, 0.29) is 11.8 Å². The predicted molar refractivity (Wildman–Crippen MR) is 77.1 cm³/mol. The van der Waals surface area contributed by atoms with Gasteiger partial charge in [-0.05, 0) is 18.7 Å². The second-order valence-corrected chi connectivity index (χ2v) is 5.27. The van der Waals surface area contributed by atoms with E-state index in [2.05, 4.69) is 23.0 Å². The molecule has 1 unspecified atom stereocenters. The first-order valence-corrected chi connectivity index (χ1v) is 6.89. The Morgan fingerprint density at radius 2 is 2.30 bits per heavy atom. The molecular weight excluding hydrogens is 254 g/mol. The number of fused-ring (bicyclic) bond motifs is 1. The summed E-state index contributed by atoms with van der Waals surface area (Å²) in [7, 11) is 2.06. The SMILES string of the molecule is CN(CCn1cc[nH]c1=O)CC1Cc2ccccc2O1. The molecule has 0 fully saturated rings. The number of imidazole rings is 1. The van der Waals surface area contributed by atoms with E-state index in [1.165, 1.54) is 5.56 Å². The zero-order valence-corrected chi connectivity index (χ0v) is 11.6. The van der Waals surface area contributed by atoms with Crippen molar-refractivity contribution in [2.45, 2.75) is 19.1 Å². The van der Waals surface area contributed by atoms with E-state index < -0.39 is 0 Å². The normalized spacial score (nSPS) is 17.2. The van der Waals surface area contributed by atoms with E-state index >= 15 is 0 Å². The number of aromatic amines is 1. The second kappa shape index (κ2) is 5.54. The summed E-state index contributed by atoms with van der Waals surface area (Å²) in [4.78, 5) is 16.2. The largest absolute Gasteiger partial charge is 0.488 e. The van der Waals surface area contributed by atoms with Gasteiger partial charge in [0.05, 0.1) is 0 Å². The Kier molecular flexibility index (Phi) is 3.60. The molecule has 1 aromatic heterocycles. The van der Waals surface area contributed by atoms with Crippen LogP contribution in [0, 0.1) is 0 Å². The highest BCUT2D eigenvalue weighted by Crippen LogP contribution is 2.28. The lowest BCUT2D eigenvalue weighted by Crippen LogP contribution is -2.35. The number of likely N-dealkylation sites (N-methyl/N-ethyl adjacent to an activating group) is 1. The van der Waals surface area contributed by atoms with Crippen LogP contribution in [0.4, 0.5) is 0 Å². The number of aromatic nitrogens is 2. The number of benzene rings is 1. The summed E-state index contributed by atoms with van der Waals surface area (Å²) in [6.07, 6.45) is 4.61. The quantitative estimate of drug-likeness (QED) is 0.888. The lowest BCUT2D eigenvalue weighted by Gasteiger charge is -2.20. The van der Waals surface area contributed by atoms with Crippen LogP contribution in [0.3, 0.4) is 0 Å². The van der Waals surface area contributed by atoms with Gasteiger partial charge in [-0.3, -0.25) is 4.57 Å². The van der Waals surface area contributed by atoms with Crippen LogP contribution >= 0.6 is 0 Å². The molecule has 1 N–H and O–H groups in total. The number of hydrogen-bond donors (Lipinski definition) is 1. The standard InChI is InChI=1S/C15H19N3O2/c1-17(8-9-18-7-6-16-15(18)19)11-13-10-12-4-2-3-5-14(12)20-13/h2-7,13H,8-11H2,1H3,(H,16,19). The first-order chi connectivity index (χ1) is 9.72. The van der Waals surface area contributed by atoms with Gasteiger partial charge in [-0.2, -0.15) is 0 Å². The summed E-state index contributed by atoms with van der Waals surface area (Å²) in [6.45, 7) is 2.39. The summed E-state index contributed by atoms with van der Waals surface area (Å²) < 4.78 is 7.60. The van der Waals surface area contributed by atoms with Crippen molar-refractivity contribution in [3.8, 4) is 5.75 Å². The van der Waals surface area contributed by atoms with E-state index in [1.54, 1.807) is 17.0 Å². The molecule has 2 heterocycles. The Labute approximate surface area is 117 Å². The van der Waals surface area contributed by atoms with Crippen molar-refractivity contribution in [1.29, 1.82) is 0 Å². The van der Waals surface area contributed by atoms with Crippen LogP contribution in [-0.4, -0.2) is 40.7 Å².